The zero-order valence-corrected chi connectivity index (χ0v) is 16.2. The number of piperidine rings is 1. The number of nitrogens with one attached hydrogen (secondary N) is 1. The molecule has 1 aliphatic rings. The van der Waals surface area contributed by atoms with Gasteiger partial charge in [-0.2, -0.15) is 0 Å². The lowest BCUT2D eigenvalue weighted by atomic mass is 10.0. The highest BCUT2D eigenvalue weighted by Crippen LogP contribution is 2.20. The van der Waals surface area contributed by atoms with Crippen molar-refractivity contribution in [3.63, 3.8) is 0 Å². The van der Waals surface area contributed by atoms with Crippen molar-refractivity contribution in [1.82, 2.24) is 10.2 Å². The van der Waals surface area contributed by atoms with Crippen LogP contribution in [0.1, 0.15) is 40.5 Å². The maximum Gasteiger partial charge on any atom is 0.308 e. The van der Waals surface area contributed by atoms with E-state index in [1.807, 2.05) is 0 Å². The molecule has 0 radical (unpaired) electrons. The van der Waals surface area contributed by atoms with Crippen LogP contribution in [0.4, 0.5) is 0 Å². The zero-order valence-electron chi connectivity index (χ0n) is 15.5. The van der Waals surface area contributed by atoms with Crippen LogP contribution < -0.4 is 10.1 Å². The molecule has 1 aliphatic heterocycles. The molecule has 1 N–H and O–H groups in total. The first-order valence-corrected chi connectivity index (χ1v) is 9.45. The van der Waals surface area contributed by atoms with Gasteiger partial charge in [0.25, 0.3) is 11.8 Å². The van der Waals surface area contributed by atoms with Crippen LogP contribution in [0.15, 0.2) is 48.5 Å². The number of esters is 1. The fourth-order valence-corrected chi connectivity index (χ4v) is 3.38. The molecule has 0 atom stereocenters. The Kier molecular flexibility index (Phi) is 6.31. The number of likely N-dealkylation sites (tertiary alicyclic amines) is 1. The van der Waals surface area contributed by atoms with E-state index in [0.717, 1.165) is 0 Å². The third-order valence-corrected chi connectivity index (χ3v) is 4.91. The van der Waals surface area contributed by atoms with Gasteiger partial charge in [-0.15, -0.1) is 0 Å². The zero-order chi connectivity index (χ0) is 20.1. The molecular weight excluding hydrogens is 380 g/mol. The second kappa shape index (κ2) is 8.89. The lowest BCUT2D eigenvalue weighted by Crippen LogP contribution is -2.46. The molecule has 3 rings (SSSR count). The molecule has 1 heterocycles. The van der Waals surface area contributed by atoms with Crippen LogP contribution in [0.2, 0.25) is 5.02 Å². The molecule has 2 amide bonds. The second-order valence-electron chi connectivity index (χ2n) is 6.64. The van der Waals surface area contributed by atoms with Crippen molar-refractivity contribution in [2.24, 2.45) is 0 Å². The predicted octanol–water partition coefficient (Wildman–Crippen LogP) is 3.30. The summed E-state index contributed by atoms with van der Waals surface area (Å²) in [6.45, 7) is 2.40. The minimum Gasteiger partial charge on any atom is -0.427 e. The number of benzene rings is 2. The Labute approximate surface area is 168 Å². The molecule has 0 bridgehead atoms. The molecule has 28 heavy (non-hydrogen) atoms. The van der Waals surface area contributed by atoms with Gasteiger partial charge in [-0.25, -0.2) is 0 Å². The summed E-state index contributed by atoms with van der Waals surface area (Å²) in [6.07, 6.45) is 1.32. The summed E-state index contributed by atoms with van der Waals surface area (Å²) >= 11 is 6.11. The fourth-order valence-electron chi connectivity index (χ4n) is 3.17. The van der Waals surface area contributed by atoms with Crippen LogP contribution >= 0.6 is 11.6 Å². The Balaban J connectivity index is 1.55. The second-order valence-corrected chi connectivity index (χ2v) is 7.05. The van der Waals surface area contributed by atoms with Crippen molar-refractivity contribution in [3.8, 4) is 5.75 Å². The van der Waals surface area contributed by atoms with E-state index < -0.39 is 5.97 Å². The summed E-state index contributed by atoms with van der Waals surface area (Å²) in [6, 6.07) is 13.5. The number of hydrogen-bond donors (Lipinski definition) is 1. The minimum atomic E-state index is -0.437. The van der Waals surface area contributed by atoms with Gasteiger partial charge in [-0.1, -0.05) is 29.8 Å². The van der Waals surface area contributed by atoms with E-state index in [2.05, 4.69) is 5.32 Å². The summed E-state index contributed by atoms with van der Waals surface area (Å²) in [5, 5.41) is 3.42. The Morgan fingerprint density at radius 2 is 1.79 bits per heavy atom. The maximum atomic E-state index is 12.6. The van der Waals surface area contributed by atoms with E-state index in [9.17, 15) is 14.4 Å². The number of halogens is 1. The van der Waals surface area contributed by atoms with Gasteiger partial charge in [0.15, 0.2) is 0 Å². The van der Waals surface area contributed by atoms with Gasteiger partial charge in [0.05, 0.1) is 10.6 Å². The average molecular weight is 401 g/mol. The van der Waals surface area contributed by atoms with Crippen molar-refractivity contribution in [2.75, 3.05) is 13.1 Å². The van der Waals surface area contributed by atoms with Crippen LogP contribution in [0, 0.1) is 0 Å². The monoisotopic (exact) mass is 400 g/mol. The SMILES string of the molecule is CC(=O)Oc1cccc(C(=O)NC2CCN(C(=O)c3ccccc3Cl)CC2)c1. The van der Waals surface area contributed by atoms with E-state index >= 15 is 0 Å². The Hall–Kier alpha value is -2.86. The third-order valence-electron chi connectivity index (χ3n) is 4.58. The molecule has 7 heteroatoms. The first-order chi connectivity index (χ1) is 13.4. The molecule has 0 aliphatic carbocycles. The average Bonchev–Trinajstić information content (AvgIpc) is 2.68. The van der Waals surface area contributed by atoms with E-state index in [0.29, 0.717) is 47.8 Å². The molecule has 0 aromatic heterocycles. The molecule has 1 saturated heterocycles. The highest BCUT2D eigenvalue weighted by Gasteiger charge is 2.25. The first kappa shape index (κ1) is 19.9. The highest BCUT2D eigenvalue weighted by molar-refractivity contribution is 6.33. The van der Waals surface area contributed by atoms with E-state index in [4.69, 9.17) is 16.3 Å². The molecular formula is C21H21ClN2O4. The topological polar surface area (TPSA) is 75.7 Å². The molecule has 0 saturated carbocycles. The number of carbonyl (C=O) groups excluding carboxylic acids is 3. The summed E-state index contributed by atoms with van der Waals surface area (Å²) in [7, 11) is 0. The van der Waals surface area contributed by atoms with Gasteiger partial charge in [0.1, 0.15) is 5.75 Å². The number of rotatable bonds is 4. The highest BCUT2D eigenvalue weighted by atomic mass is 35.5. The molecule has 146 valence electrons. The van der Waals surface area contributed by atoms with Crippen LogP contribution in [0.25, 0.3) is 0 Å². The Morgan fingerprint density at radius 1 is 1.07 bits per heavy atom. The van der Waals surface area contributed by atoms with Crippen LogP contribution in [0.3, 0.4) is 0 Å². The summed E-state index contributed by atoms with van der Waals surface area (Å²) < 4.78 is 5.01. The van der Waals surface area contributed by atoms with E-state index in [1.165, 1.54) is 13.0 Å². The molecule has 6 nitrogen and oxygen atoms in total. The minimum absolute atomic E-state index is 0.0276. The summed E-state index contributed by atoms with van der Waals surface area (Å²) in [5.41, 5.74) is 0.919. The van der Waals surface area contributed by atoms with Crippen molar-refractivity contribution < 1.29 is 19.1 Å². The van der Waals surface area contributed by atoms with E-state index in [-0.39, 0.29) is 17.9 Å². The van der Waals surface area contributed by atoms with Gasteiger partial charge in [0.2, 0.25) is 0 Å². The lowest BCUT2D eigenvalue weighted by molar-refractivity contribution is -0.131. The van der Waals surface area contributed by atoms with Crippen LogP contribution in [-0.4, -0.2) is 41.8 Å². The quantitative estimate of drug-likeness (QED) is 0.631. The maximum absolute atomic E-state index is 12.6. The van der Waals surface area contributed by atoms with Gasteiger partial charge < -0.3 is 15.0 Å². The largest absolute Gasteiger partial charge is 0.427 e. The molecule has 0 unspecified atom stereocenters. The predicted molar refractivity (Wildman–Crippen MR) is 106 cm³/mol. The van der Waals surface area contributed by atoms with Crippen molar-refractivity contribution in [2.45, 2.75) is 25.8 Å². The molecule has 2 aromatic rings. The van der Waals surface area contributed by atoms with Gasteiger partial charge in [-0.05, 0) is 43.2 Å². The fraction of sp³-hybridized carbons (Fsp3) is 0.286. The van der Waals surface area contributed by atoms with Crippen molar-refractivity contribution in [3.05, 3.63) is 64.7 Å². The van der Waals surface area contributed by atoms with E-state index in [1.54, 1.807) is 47.4 Å². The number of nitrogens with zero attached hydrogens (tertiary/aromatic N) is 1. The van der Waals surface area contributed by atoms with Gasteiger partial charge in [-0.3, -0.25) is 14.4 Å². The first-order valence-electron chi connectivity index (χ1n) is 9.07. The smallest absolute Gasteiger partial charge is 0.308 e. The van der Waals surface area contributed by atoms with Crippen LogP contribution in [0.5, 0.6) is 5.75 Å². The number of ether oxygens (including phenoxy) is 1. The van der Waals surface area contributed by atoms with Crippen LogP contribution in [-0.2, 0) is 4.79 Å². The van der Waals surface area contributed by atoms with Crippen molar-refractivity contribution in [1.29, 1.82) is 0 Å². The normalized spacial score (nSPS) is 14.4. The standard InChI is InChI=1S/C21H21ClN2O4/c1-14(25)28-17-6-4-5-15(13-17)20(26)23-16-9-11-24(12-10-16)21(27)18-7-2-3-8-19(18)22/h2-8,13,16H,9-12H2,1H3,(H,23,26). The number of carbonyl (C=O) groups is 3. The third kappa shape index (κ3) is 4.89. The Bertz CT molecular complexity index is 891. The van der Waals surface area contributed by atoms with Gasteiger partial charge >= 0.3 is 5.97 Å². The lowest BCUT2D eigenvalue weighted by Gasteiger charge is -2.32. The van der Waals surface area contributed by atoms with Gasteiger partial charge in [0, 0.05) is 31.6 Å². The van der Waals surface area contributed by atoms with Crippen molar-refractivity contribution >= 4 is 29.4 Å². The summed E-state index contributed by atoms with van der Waals surface area (Å²) in [4.78, 5) is 37.9. The number of amides is 2. The Morgan fingerprint density at radius 3 is 2.46 bits per heavy atom. The molecule has 2 aromatic carbocycles. The number of hydrogen-bond acceptors (Lipinski definition) is 4. The molecule has 1 fully saturated rings. The summed E-state index contributed by atoms with van der Waals surface area (Å²) in [5.74, 6) is -0.428. The molecule has 0 spiro atoms.